The molecule has 2 saturated heterocycles. The number of fused-ring (bicyclic) bond motifs is 2. The molecule has 392 valence electrons. The third-order valence-electron chi connectivity index (χ3n) is 14.3. The molecule has 4 aliphatic rings. The fourth-order valence-corrected chi connectivity index (χ4v) is 10.3. The number of esters is 2. The Morgan fingerprint density at radius 2 is 1.17 bits per heavy atom. The van der Waals surface area contributed by atoms with E-state index in [1.807, 2.05) is 49.2 Å². The van der Waals surface area contributed by atoms with E-state index in [4.69, 9.17) is 23.9 Å². The van der Waals surface area contributed by atoms with Crippen molar-refractivity contribution < 1.29 is 92.9 Å². The summed E-state index contributed by atoms with van der Waals surface area (Å²) in [6, 6.07) is 12.8. The van der Waals surface area contributed by atoms with Crippen molar-refractivity contribution in [3.63, 3.8) is 0 Å². The summed E-state index contributed by atoms with van der Waals surface area (Å²) in [5.74, 6) is 2.28. The van der Waals surface area contributed by atoms with Crippen LogP contribution in [0.15, 0.2) is 53.3 Å². The van der Waals surface area contributed by atoms with Gasteiger partial charge < -0.3 is 23.8 Å². The summed E-state index contributed by atoms with van der Waals surface area (Å²) in [5.41, 5.74) is 4.70. The number of hydrogen-bond donors (Lipinski definition) is 0. The van der Waals surface area contributed by atoms with Crippen molar-refractivity contribution in [1.82, 2.24) is 29.7 Å². The van der Waals surface area contributed by atoms with Crippen LogP contribution in [0.3, 0.4) is 0 Å². The molecule has 2 aromatic carbocycles. The Bertz CT molecular complexity index is 2260. The Labute approximate surface area is 478 Å². The third kappa shape index (κ3) is 20.9. The number of aromatic nitrogens is 4. The van der Waals surface area contributed by atoms with Gasteiger partial charge in [0.2, 0.25) is 5.88 Å². The Morgan fingerprint density at radius 1 is 0.667 bits per heavy atom. The monoisotopic (exact) mass is 1090 g/mol. The van der Waals surface area contributed by atoms with Crippen LogP contribution < -0.4 is 60.9 Å². The van der Waals surface area contributed by atoms with Gasteiger partial charge in [0.05, 0.1) is 47.8 Å². The van der Waals surface area contributed by atoms with Crippen LogP contribution in [0.4, 0.5) is 12.9 Å². The smallest absolute Gasteiger partial charge is 0.473 e. The molecule has 0 atom stereocenters. The van der Waals surface area contributed by atoms with Crippen LogP contribution in [-0.2, 0) is 25.6 Å². The van der Waals surface area contributed by atoms with Crippen molar-refractivity contribution >= 4 is 57.3 Å². The number of likely N-dealkylation sites (tertiary alicyclic amines) is 2. The van der Waals surface area contributed by atoms with E-state index in [0.717, 1.165) is 122 Å². The first-order valence-electron chi connectivity index (χ1n) is 25.7. The second-order valence-corrected chi connectivity index (χ2v) is 22.4. The van der Waals surface area contributed by atoms with Crippen LogP contribution >= 0.6 is 15.9 Å². The molecule has 2 saturated carbocycles. The number of benzene rings is 2. The summed E-state index contributed by atoms with van der Waals surface area (Å²) in [7, 11) is 0.152. The molecule has 4 heterocycles. The number of nitrogens with zero attached hydrogens (tertiary/aromatic N) is 6. The molecule has 8 rings (SSSR count). The number of piperidine rings is 2. The minimum absolute atomic E-state index is 0. The molecule has 0 spiro atoms. The Hall–Kier alpha value is -2.45. The van der Waals surface area contributed by atoms with Crippen molar-refractivity contribution in [2.24, 2.45) is 34.5 Å². The molecule has 2 aromatic heterocycles. The number of carbonyl (C=O) groups is 2. The van der Waals surface area contributed by atoms with Gasteiger partial charge in [-0.25, -0.2) is 15.0 Å². The van der Waals surface area contributed by atoms with Gasteiger partial charge in [0.1, 0.15) is 12.2 Å². The van der Waals surface area contributed by atoms with E-state index in [2.05, 4.69) is 96.5 Å². The zero-order valence-corrected chi connectivity index (χ0v) is 49.2. The standard InChI is InChI=1S/C27H39N3O3.C18H23BrN2O.C9H16NO2.BF3.K/c1-5-32-26(31)20-12-14-30(15-13-20)18-19-6-11-23-24(16-19)28-17-25(29-23)33-22-9-7-21(8-10-22)27(2,3)4;1-18(2,3)13-4-7-15(8-5-13)22-17-20-11-12-10-14(19)6-9-16(12)21-17;1-3-12-9(11)8-4-6-10(2)7-5-8;2-1(3)4;/h6,11,16-17,20-22H,5,7-10,12-15,18H2,1-4H3;6,9-11,13,15H,4-5,7-8H2,1-3H3;8H,2-7H2,1H3;;/q;;-1;;+1. The average Bonchev–Trinajstić information content (AvgIpc) is 3.32. The van der Waals surface area contributed by atoms with Crippen molar-refractivity contribution in [3.8, 4) is 11.9 Å². The van der Waals surface area contributed by atoms with Gasteiger partial charge in [0, 0.05) is 22.6 Å². The van der Waals surface area contributed by atoms with Gasteiger partial charge in [-0.2, -0.15) is 4.98 Å². The van der Waals surface area contributed by atoms with Gasteiger partial charge in [-0.15, -0.1) is 0 Å². The summed E-state index contributed by atoms with van der Waals surface area (Å²) in [6.07, 6.45) is 16.9. The molecular weight excluding hydrogens is 1020 g/mol. The molecule has 4 fully saturated rings. The van der Waals surface area contributed by atoms with Gasteiger partial charge >= 0.3 is 76.9 Å². The third-order valence-corrected chi connectivity index (χ3v) is 14.8. The molecule has 72 heavy (non-hydrogen) atoms. The predicted octanol–water partition coefficient (Wildman–Crippen LogP) is 9.70. The summed E-state index contributed by atoms with van der Waals surface area (Å²) in [6.45, 7) is 23.2. The summed E-state index contributed by atoms with van der Waals surface area (Å²) in [4.78, 5) is 45.8. The number of carbonyl (C=O) groups excluding carboxylic acids is 2. The van der Waals surface area contributed by atoms with Gasteiger partial charge in [-0.3, -0.25) is 34.5 Å². The van der Waals surface area contributed by atoms with Gasteiger partial charge in [0.15, 0.2) is 0 Å². The van der Waals surface area contributed by atoms with E-state index in [-0.39, 0.29) is 87.4 Å². The van der Waals surface area contributed by atoms with Crippen molar-refractivity contribution in [2.45, 2.75) is 151 Å². The summed E-state index contributed by atoms with van der Waals surface area (Å²) >= 11 is 3.47. The minimum Gasteiger partial charge on any atom is -0.473 e. The Morgan fingerprint density at radius 3 is 1.68 bits per heavy atom. The van der Waals surface area contributed by atoms with E-state index in [9.17, 15) is 22.5 Å². The molecule has 0 radical (unpaired) electrons. The van der Waals surface area contributed by atoms with Gasteiger partial charge in [-0.1, -0.05) is 63.5 Å². The summed E-state index contributed by atoms with van der Waals surface area (Å²) in [5, 5.41) is 1.03. The first kappa shape index (κ1) is 62.1. The molecule has 4 aromatic rings. The van der Waals surface area contributed by atoms with E-state index in [1.165, 1.54) is 31.2 Å². The molecule has 12 nitrogen and oxygen atoms in total. The maximum absolute atomic E-state index is 12.0. The second kappa shape index (κ2) is 30.3. The number of rotatable bonds is 10. The maximum atomic E-state index is 12.0. The van der Waals surface area contributed by atoms with Crippen LogP contribution in [0.1, 0.15) is 138 Å². The zero-order chi connectivity index (χ0) is 51.7. The average molecular weight is 1090 g/mol. The van der Waals surface area contributed by atoms with Crippen LogP contribution in [0.5, 0.6) is 11.9 Å². The molecular formula is C54H78BBrF3KN6O6. The summed E-state index contributed by atoms with van der Waals surface area (Å²) < 4.78 is 52.4. The van der Waals surface area contributed by atoms with Crippen LogP contribution in [0.2, 0.25) is 0 Å². The van der Waals surface area contributed by atoms with Crippen molar-refractivity contribution in [3.05, 3.63) is 65.9 Å². The Balaban J connectivity index is 0.000000247. The fraction of sp³-hybridized carbons (Fsp3) is 0.648. The molecule has 0 bridgehead atoms. The minimum atomic E-state index is -3.67. The molecule has 2 aliphatic heterocycles. The fourth-order valence-electron chi connectivity index (χ4n) is 9.93. The topological polar surface area (TPSA) is 129 Å². The molecule has 0 amide bonds. The number of halogens is 4. The zero-order valence-electron chi connectivity index (χ0n) is 44.4. The first-order chi connectivity index (χ1) is 33.7. The van der Waals surface area contributed by atoms with Crippen LogP contribution in [0, 0.1) is 41.5 Å². The predicted molar refractivity (Wildman–Crippen MR) is 278 cm³/mol. The quantitative estimate of drug-likeness (QED) is 0.0852. The largest absolute Gasteiger partial charge is 1.00 e. The number of ether oxygens (including phenoxy) is 4. The first-order valence-corrected chi connectivity index (χ1v) is 26.5. The Kier molecular flexibility index (Phi) is 26.2. The van der Waals surface area contributed by atoms with Gasteiger partial charge in [-0.05, 0) is 176 Å². The van der Waals surface area contributed by atoms with Gasteiger partial charge in [0.25, 0.3) is 0 Å². The van der Waals surface area contributed by atoms with E-state index < -0.39 is 7.54 Å². The van der Waals surface area contributed by atoms with Crippen molar-refractivity contribution in [1.29, 1.82) is 0 Å². The van der Waals surface area contributed by atoms with E-state index in [0.29, 0.717) is 35.9 Å². The molecule has 0 N–H and O–H groups in total. The normalized spacial score (nSPS) is 21.3. The number of hydrogen-bond acceptors (Lipinski definition) is 12. The molecule has 18 heteroatoms. The van der Waals surface area contributed by atoms with Crippen molar-refractivity contribution in [2.75, 3.05) is 39.4 Å². The molecule has 2 aliphatic carbocycles. The van der Waals surface area contributed by atoms with E-state index >= 15 is 0 Å². The molecule has 0 unspecified atom stereocenters. The van der Waals surface area contributed by atoms with Crippen LogP contribution in [-0.4, -0.2) is 101 Å². The van der Waals surface area contributed by atoms with E-state index in [1.54, 1.807) is 6.20 Å². The second-order valence-electron chi connectivity index (χ2n) is 21.5. The maximum Gasteiger partial charge on any atom is 1.00 e. The van der Waals surface area contributed by atoms with Crippen LogP contribution in [0.25, 0.3) is 21.9 Å². The SMILES string of the molecule is CC(C)(C)C1CCC(Oc2ncc3cc(Br)ccc3n2)CC1.CCOC(=O)C1CCN(Cc2ccc3nc(OC4CCC(C(C)(C)C)CC4)cnc3c2)CC1.FB(F)F.[CH2-]N1CCC(C(=O)OCC)CC1.[K+].